The second-order valence-corrected chi connectivity index (χ2v) is 10.5. The van der Waals surface area contributed by atoms with Crippen molar-refractivity contribution in [3.8, 4) is 5.75 Å². The number of methoxy groups -OCH3 is 1. The largest absolute Gasteiger partial charge is 0.497 e. The van der Waals surface area contributed by atoms with E-state index in [1.54, 1.807) is 7.11 Å². The van der Waals surface area contributed by atoms with Crippen LogP contribution >= 0.6 is 0 Å². The molecule has 1 saturated carbocycles. The van der Waals surface area contributed by atoms with Gasteiger partial charge in [0.05, 0.1) is 24.6 Å². The van der Waals surface area contributed by atoms with Gasteiger partial charge in [0.25, 0.3) is 0 Å². The molecule has 1 aromatic heterocycles. The van der Waals surface area contributed by atoms with Crippen LogP contribution < -0.4 is 9.64 Å². The van der Waals surface area contributed by atoms with Crippen molar-refractivity contribution in [2.75, 3.05) is 12.0 Å². The van der Waals surface area contributed by atoms with E-state index >= 15 is 0 Å². The first-order chi connectivity index (χ1) is 17.2. The highest BCUT2D eigenvalue weighted by Crippen LogP contribution is 2.56. The maximum absolute atomic E-state index is 14.1. The number of nitrogens with zero attached hydrogens (tertiary/aromatic N) is 1. The SMILES string of the molecule is COc1ccc(N2C(=O)[C@H]3[C@H]4CCCCCCCCC[C@@H]4c4c([nH]c5ccccc45)[C@H]3C2=O)cc1. The van der Waals surface area contributed by atoms with E-state index in [9.17, 15) is 9.59 Å². The Morgan fingerprint density at radius 3 is 2.26 bits per heavy atom. The van der Waals surface area contributed by atoms with Crippen molar-refractivity contribution in [1.82, 2.24) is 4.98 Å². The molecule has 2 aliphatic carbocycles. The van der Waals surface area contributed by atoms with Crippen molar-refractivity contribution in [2.45, 2.75) is 69.6 Å². The van der Waals surface area contributed by atoms with Crippen molar-refractivity contribution in [3.63, 3.8) is 0 Å². The number of nitrogens with one attached hydrogen (secondary N) is 1. The standard InChI is InChI=1S/C30H34N2O3/c1-35-20-17-15-19(16-18-20)32-29(33)26-22-12-8-6-4-2-3-5-7-11-21(22)25-23-13-9-10-14-24(23)31-28(25)27(26)30(32)34/h9-10,13-18,21-22,26-27,31H,2-8,11-12H2,1H3/t21-,22-,26-,27-/m0/s1. The van der Waals surface area contributed by atoms with Gasteiger partial charge in [0.2, 0.25) is 11.8 Å². The summed E-state index contributed by atoms with van der Waals surface area (Å²) in [4.78, 5) is 33.1. The first kappa shape index (κ1) is 22.4. The van der Waals surface area contributed by atoms with Crippen LogP contribution in [0, 0.1) is 11.8 Å². The molecule has 1 aliphatic heterocycles. The topological polar surface area (TPSA) is 62.4 Å². The van der Waals surface area contributed by atoms with E-state index in [0.717, 1.165) is 30.5 Å². The molecule has 2 heterocycles. The number of para-hydroxylation sites is 1. The number of aromatic amines is 1. The number of benzene rings is 2. The van der Waals surface area contributed by atoms with Crippen LogP contribution in [-0.2, 0) is 9.59 Å². The first-order valence-corrected chi connectivity index (χ1v) is 13.3. The van der Waals surface area contributed by atoms with E-state index in [4.69, 9.17) is 4.74 Å². The molecule has 4 atom stereocenters. The van der Waals surface area contributed by atoms with Gasteiger partial charge in [-0.3, -0.25) is 9.59 Å². The minimum Gasteiger partial charge on any atom is -0.497 e. The maximum atomic E-state index is 14.1. The molecule has 5 heteroatoms. The Labute approximate surface area is 206 Å². The second kappa shape index (κ2) is 9.18. The molecule has 2 amide bonds. The molecule has 6 rings (SSSR count). The zero-order chi connectivity index (χ0) is 23.9. The molecule has 1 N–H and O–H groups in total. The van der Waals surface area contributed by atoms with Gasteiger partial charge in [0.1, 0.15) is 5.75 Å². The van der Waals surface area contributed by atoms with E-state index in [2.05, 4.69) is 23.2 Å². The maximum Gasteiger partial charge on any atom is 0.243 e. The molecule has 35 heavy (non-hydrogen) atoms. The van der Waals surface area contributed by atoms with Crippen LogP contribution in [0.15, 0.2) is 48.5 Å². The Balaban J connectivity index is 1.49. The Morgan fingerprint density at radius 2 is 1.51 bits per heavy atom. The quantitative estimate of drug-likeness (QED) is 0.425. The second-order valence-electron chi connectivity index (χ2n) is 10.5. The molecule has 0 bridgehead atoms. The fourth-order valence-corrected chi connectivity index (χ4v) is 7.07. The summed E-state index contributed by atoms with van der Waals surface area (Å²) in [6.45, 7) is 0. The molecule has 0 spiro atoms. The van der Waals surface area contributed by atoms with Crippen LogP contribution in [0.3, 0.4) is 0 Å². The van der Waals surface area contributed by atoms with Crippen molar-refractivity contribution >= 4 is 28.4 Å². The molecule has 2 aromatic carbocycles. The minimum absolute atomic E-state index is 0.0284. The van der Waals surface area contributed by atoms with Gasteiger partial charge < -0.3 is 9.72 Å². The molecular weight excluding hydrogens is 436 g/mol. The summed E-state index contributed by atoms with van der Waals surface area (Å²) in [5.41, 5.74) is 4.01. The third-order valence-electron chi connectivity index (χ3n) is 8.67. The van der Waals surface area contributed by atoms with Crippen LogP contribution in [0.25, 0.3) is 10.9 Å². The summed E-state index contributed by atoms with van der Waals surface area (Å²) in [5, 5.41) is 1.23. The number of rotatable bonds is 2. The molecule has 0 radical (unpaired) electrons. The number of H-pyrrole nitrogens is 1. The predicted octanol–water partition coefficient (Wildman–Crippen LogP) is 6.69. The summed E-state index contributed by atoms with van der Waals surface area (Å²) in [6.07, 6.45) is 10.8. The van der Waals surface area contributed by atoms with Gasteiger partial charge in [-0.1, -0.05) is 63.1 Å². The van der Waals surface area contributed by atoms with Gasteiger partial charge in [-0.25, -0.2) is 4.90 Å². The normalized spacial score (nSPS) is 27.2. The van der Waals surface area contributed by atoms with Gasteiger partial charge in [-0.15, -0.1) is 0 Å². The minimum atomic E-state index is -0.432. The Kier molecular flexibility index (Phi) is 5.87. The van der Waals surface area contributed by atoms with Gasteiger partial charge in [-0.05, 0) is 60.6 Å². The third-order valence-corrected chi connectivity index (χ3v) is 8.67. The molecule has 0 unspecified atom stereocenters. The van der Waals surface area contributed by atoms with Crippen molar-refractivity contribution in [3.05, 3.63) is 59.8 Å². The van der Waals surface area contributed by atoms with Gasteiger partial charge in [-0.2, -0.15) is 0 Å². The predicted molar refractivity (Wildman–Crippen MR) is 138 cm³/mol. The van der Waals surface area contributed by atoms with E-state index in [1.807, 2.05) is 30.3 Å². The van der Waals surface area contributed by atoms with E-state index in [1.165, 1.54) is 54.4 Å². The monoisotopic (exact) mass is 470 g/mol. The molecule has 1 saturated heterocycles. The Bertz CT molecular complexity index is 1240. The smallest absolute Gasteiger partial charge is 0.243 e. The van der Waals surface area contributed by atoms with Crippen LogP contribution in [0.4, 0.5) is 5.69 Å². The number of carbonyl (C=O) groups is 2. The highest BCUT2D eigenvalue weighted by atomic mass is 16.5. The highest BCUT2D eigenvalue weighted by molar-refractivity contribution is 6.24. The zero-order valence-electron chi connectivity index (χ0n) is 20.5. The number of anilines is 1. The number of amides is 2. The summed E-state index contributed by atoms with van der Waals surface area (Å²) in [6, 6.07) is 15.7. The summed E-state index contributed by atoms with van der Waals surface area (Å²) < 4.78 is 5.30. The molecule has 5 nitrogen and oxygen atoms in total. The number of imide groups is 1. The molecule has 3 aromatic rings. The van der Waals surface area contributed by atoms with Crippen LogP contribution in [0.2, 0.25) is 0 Å². The van der Waals surface area contributed by atoms with Crippen LogP contribution in [0.1, 0.15) is 80.9 Å². The van der Waals surface area contributed by atoms with E-state index < -0.39 is 5.92 Å². The number of hydrogen-bond donors (Lipinski definition) is 1. The van der Waals surface area contributed by atoms with Crippen LogP contribution in [0.5, 0.6) is 5.75 Å². The lowest BCUT2D eigenvalue weighted by Crippen LogP contribution is -2.36. The third kappa shape index (κ3) is 3.67. The Morgan fingerprint density at radius 1 is 0.829 bits per heavy atom. The summed E-state index contributed by atoms with van der Waals surface area (Å²) >= 11 is 0. The average molecular weight is 471 g/mol. The summed E-state index contributed by atoms with van der Waals surface area (Å²) in [5.74, 6) is 0.378. The number of hydrogen-bond acceptors (Lipinski definition) is 3. The number of aromatic nitrogens is 1. The Hall–Kier alpha value is -3.08. The van der Waals surface area contributed by atoms with Crippen molar-refractivity contribution in [1.29, 1.82) is 0 Å². The molecule has 182 valence electrons. The van der Waals surface area contributed by atoms with Gasteiger partial charge in [0.15, 0.2) is 0 Å². The fraction of sp³-hybridized carbons (Fsp3) is 0.467. The van der Waals surface area contributed by atoms with Crippen molar-refractivity contribution < 1.29 is 14.3 Å². The zero-order valence-corrected chi connectivity index (χ0v) is 20.5. The van der Waals surface area contributed by atoms with Gasteiger partial charge in [0, 0.05) is 16.6 Å². The number of fused-ring (bicyclic) bond motifs is 8. The lowest BCUT2D eigenvalue weighted by Gasteiger charge is -2.38. The van der Waals surface area contributed by atoms with Crippen LogP contribution in [-0.4, -0.2) is 23.9 Å². The molecular formula is C30H34N2O3. The number of carbonyl (C=O) groups excluding carboxylic acids is 2. The van der Waals surface area contributed by atoms with E-state index in [0.29, 0.717) is 17.4 Å². The lowest BCUT2D eigenvalue weighted by molar-refractivity contribution is -0.123. The number of ether oxygens (including phenoxy) is 1. The van der Waals surface area contributed by atoms with Crippen molar-refractivity contribution in [2.24, 2.45) is 11.8 Å². The summed E-state index contributed by atoms with van der Waals surface area (Å²) in [7, 11) is 1.62. The molecule has 2 fully saturated rings. The fourth-order valence-electron chi connectivity index (χ4n) is 7.07. The lowest BCUT2D eigenvalue weighted by atomic mass is 9.63. The highest BCUT2D eigenvalue weighted by Gasteiger charge is 2.57. The molecule has 3 aliphatic rings. The average Bonchev–Trinajstić information content (AvgIpc) is 3.36. The van der Waals surface area contributed by atoms with E-state index in [-0.39, 0.29) is 23.7 Å². The van der Waals surface area contributed by atoms with Gasteiger partial charge >= 0.3 is 0 Å². The first-order valence-electron chi connectivity index (χ1n) is 13.3.